The van der Waals surface area contributed by atoms with Gasteiger partial charge in [-0.1, -0.05) is 75.7 Å². The standard InChI is InChI=1S/C10H14.C7H7F.C3H6.C2H6/c1-8(2)10-6-4-5-9(3)7-10;1-6-3-2-4-7(8)5-6;1-3-2;1-2/h4-8H,1-3H3;2-5H,1H3;3H,1H2,2H3;1-2H3. The minimum atomic E-state index is -0.162. The van der Waals surface area contributed by atoms with Gasteiger partial charge in [-0.15, -0.1) is 6.58 Å². The van der Waals surface area contributed by atoms with Crippen LogP contribution in [0.4, 0.5) is 4.39 Å². The van der Waals surface area contributed by atoms with Crippen molar-refractivity contribution in [3.63, 3.8) is 0 Å². The third-order valence-corrected chi connectivity index (χ3v) is 2.69. The van der Waals surface area contributed by atoms with E-state index in [0.717, 1.165) is 5.56 Å². The Labute approximate surface area is 143 Å². The summed E-state index contributed by atoms with van der Waals surface area (Å²) in [5, 5.41) is 0. The fourth-order valence-electron chi connectivity index (χ4n) is 1.63. The van der Waals surface area contributed by atoms with Crippen LogP contribution in [0.15, 0.2) is 61.2 Å². The lowest BCUT2D eigenvalue weighted by molar-refractivity contribution is 0.626. The second-order valence-corrected chi connectivity index (χ2v) is 5.28. The van der Waals surface area contributed by atoms with Crippen LogP contribution in [0.25, 0.3) is 0 Å². The van der Waals surface area contributed by atoms with E-state index in [1.165, 1.54) is 23.3 Å². The number of rotatable bonds is 1. The third-order valence-electron chi connectivity index (χ3n) is 2.69. The molecular weight excluding hydrogens is 283 g/mol. The first-order valence-electron chi connectivity index (χ1n) is 8.26. The van der Waals surface area contributed by atoms with Crippen LogP contribution in [-0.4, -0.2) is 0 Å². The maximum absolute atomic E-state index is 12.2. The van der Waals surface area contributed by atoms with Crippen molar-refractivity contribution in [2.45, 2.75) is 54.4 Å². The minimum absolute atomic E-state index is 0.162. The summed E-state index contributed by atoms with van der Waals surface area (Å²) >= 11 is 0. The van der Waals surface area contributed by atoms with E-state index < -0.39 is 0 Å². The van der Waals surface area contributed by atoms with Crippen LogP contribution in [0.2, 0.25) is 0 Å². The molecule has 0 heterocycles. The van der Waals surface area contributed by atoms with Crippen molar-refractivity contribution in [1.82, 2.24) is 0 Å². The first-order valence-corrected chi connectivity index (χ1v) is 8.26. The van der Waals surface area contributed by atoms with Gasteiger partial charge in [-0.2, -0.15) is 0 Å². The molecule has 0 N–H and O–H groups in total. The molecule has 0 bridgehead atoms. The van der Waals surface area contributed by atoms with E-state index in [-0.39, 0.29) is 5.82 Å². The predicted molar refractivity (Wildman–Crippen MR) is 104 cm³/mol. The van der Waals surface area contributed by atoms with Gasteiger partial charge in [0.2, 0.25) is 0 Å². The summed E-state index contributed by atoms with van der Waals surface area (Å²) in [5.41, 5.74) is 3.75. The fourth-order valence-corrected chi connectivity index (χ4v) is 1.63. The summed E-state index contributed by atoms with van der Waals surface area (Å²) in [5.74, 6) is 0.491. The average molecular weight is 317 g/mol. The Morgan fingerprint density at radius 1 is 0.913 bits per heavy atom. The van der Waals surface area contributed by atoms with Gasteiger partial charge in [0.15, 0.2) is 0 Å². The van der Waals surface area contributed by atoms with Crippen LogP contribution in [-0.2, 0) is 0 Å². The maximum atomic E-state index is 12.2. The molecule has 0 aliphatic heterocycles. The van der Waals surface area contributed by atoms with E-state index in [0.29, 0.717) is 5.92 Å². The molecule has 0 fully saturated rings. The summed E-state index contributed by atoms with van der Waals surface area (Å²) in [6, 6.07) is 15.2. The number of benzene rings is 2. The number of hydrogen-bond acceptors (Lipinski definition) is 0. The number of halogens is 1. The van der Waals surface area contributed by atoms with Crippen LogP contribution in [0.1, 0.15) is 57.2 Å². The van der Waals surface area contributed by atoms with E-state index in [1.807, 2.05) is 33.8 Å². The first-order chi connectivity index (χ1) is 10.9. The second-order valence-electron chi connectivity index (χ2n) is 5.28. The van der Waals surface area contributed by atoms with Gasteiger partial charge in [0.1, 0.15) is 5.82 Å². The SMILES string of the molecule is C=CC.CC.Cc1cccc(C(C)C)c1.Cc1cccc(F)c1. The molecule has 0 aliphatic rings. The molecule has 23 heavy (non-hydrogen) atoms. The fraction of sp³-hybridized carbons (Fsp3) is 0.364. The summed E-state index contributed by atoms with van der Waals surface area (Å²) in [6.45, 7) is 17.7. The predicted octanol–water partition coefficient (Wildman–Crippen LogP) is 7.47. The highest BCUT2D eigenvalue weighted by atomic mass is 19.1. The van der Waals surface area contributed by atoms with Crippen molar-refractivity contribution in [3.05, 3.63) is 83.7 Å². The van der Waals surface area contributed by atoms with Crippen molar-refractivity contribution in [1.29, 1.82) is 0 Å². The average Bonchev–Trinajstić information content (AvgIpc) is 2.50. The van der Waals surface area contributed by atoms with E-state index in [9.17, 15) is 4.39 Å². The molecule has 0 saturated carbocycles. The lowest BCUT2D eigenvalue weighted by Gasteiger charge is -2.04. The van der Waals surface area contributed by atoms with Crippen molar-refractivity contribution >= 4 is 0 Å². The summed E-state index contributed by atoms with van der Waals surface area (Å²) < 4.78 is 12.2. The smallest absolute Gasteiger partial charge is 0.123 e. The van der Waals surface area contributed by atoms with Crippen LogP contribution >= 0.6 is 0 Å². The molecule has 128 valence electrons. The van der Waals surface area contributed by atoms with Crippen LogP contribution in [0.3, 0.4) is 0 Å². The van der Waals surface area contributed by atoms with Gasteiger partial charge in [-0.3, -0.25) is 0 Å². The van der Waals surface area contributed by atoms with Crippen LogP contribution < -0.4 is 0 Å². The van der Waals surface area contributed by atoms with Gasteiger partial charge in [0.05, 0.1) is 0 Å². The molecule has 0 saturated heterocycles. The zero-order valence-corrected chi connectivity index (χ0v) is 15.9. The molecule has 0 spiro atoms. The zero-order valence-electron chi connectivity index (χ0n) is 15.9. The molecule has 0 radical (unpaired) electrons. The van der Waals surface area contributed by atoms with Gasteiger partial charge in [0.25, 0.3) is 0 Å². The van der Waals surface area contributed by atoms with Crippen molar-refractivity contribution in [2.24, 2.45) is 0 Å². The molecule has 0 unspecified atom stereocenters. The molecule has 2 aromatic rings. The molecule has 2 aromatic carbocycles. The van der Waals surface area contributed by atoms with E-state index in [4.69, 9.17) is 0 Å². The third kappa shape index (κ3) is 13.5. The van der Waals surface area contributed by atoms with Gasteiger partial charge < -0.3 is 0 Å². The lowest BCUT2D eigenvalue weighted by Crippen LogP contribution is -1.86. The van der Waals surface area contributed by atoms with E-state index >= 15 is 0 Å². The Balaban J connectivity index is 0. The molecule has 0 amide bonds. The molecule has 0 aromatic heterocycles. The van der Waals surface area contributed by atoms with Gasteiger partial charge in [-0.25, -0.2) is 4.39 Å². The largest absolute Gasteiger partial charge is 0.207 e. The topological polar surface area (TPSA) is 0 Å². The molecule has 1 heteroatoms. The molecular formula is C22H33F. The van der Waals surface area contributed by atoms with Gasteiger partial charge in [0, 0.05) is 0 Å². The van der Waals surface area contributed by atoms with Gasteiger partial charge in [-0.05, 0) is 49.9 Å². The quantitative estimate of drug-likeness (QED) is 0.479. The monoisotopic (exact) mass is 316 g/mol. The van der Waals surface area contributed by atoms with Crippen molar-refractivity contribution in [2.75, 3.05) is 0 Å². The number of hydrogen-bond donors (Lipinski definition) is 0. The summed E-state index contributed by atoms with van der Waals surface area (Å²) in [7, 11) is 0. The lowest BCUT2D eigenvalue weighted by atomic mass is 10.0. The maximum Gasteiger partial charge on any atom is 0.123 e. The zero-order chi connectivity index (χ0) is 18.3. The van der Waals surface area contributed by atoms with Crippen LogP contribution in [0, 0.1) is 19.7 Å². The first kappa shape index (κ1) is 23.4. The molecule has 2 rings (SSSR count). The Hall–Kier alpha value is -1.89. The highest BCUT2D eigenvalue weighted by Crippen LogP contribution is 2.14. The molecule has 0 aliphatic carbocycles. The Bertz CT molecular complexity index is 510. The molecule has 0 atom stereocenters. The second kappa shape index (κ2) is 15.0. The summed E-state index contributed by atoms with van der Waals surface area (Å²) in [6.07, 6.45) is 1.75. The normalized spacial score (nSPS) is 8.57. The Morgan fingerprint density at radius 3 is 1.61 bits per heavy atom. The van der Waals surface area contributed by atoms with Gasteiger partial charge >= 0.3 is 0 Å². The highest BCUT2D eigenvalue weighted by molar-refractivity contribution is 5.24. The Morgan fingerprint density at radius 2 is 1.35 bits per heavy atom. The van der Waals surface area contributed by atoms with Crippen molar-refractivity contribution < 1.29 is 4.39 Å². The molecule has 0 nitrogen and oxygen atoms in total. The van der Waals surface area contributed by atoms with Crippen LogP contribution in [0.5, 0.6) is 0 Å². The number of aryl methyl sites for hydroxylation is 2. The Kier molecular flexibility index (Phi) is 15.3. The van der Waals surface area contributed by atoms with Crippen molar-refractivity contribution in [3.8, 4) is 0 Å². The van der Waals surface area contributed by atoms with E-state index in [1.54, 1.807) is 12.1 Å². The summed E-state index contributed by atoms with van der Waals surface area (Å²) in [4.78, 5) is 0. The minimum Gasteiger partial charge on any atom is -0.207 e. The van der Waals surface area contributed by atoms with E-state index in [2.05, 4.69) is 51.6 Å². The number of allylic oxidation sites excluding steroid dienone is 1. The highest BCUT2D eigenvalue weighted by Gasteiger charge is 1.96.